The molecule has 1 nitrogen and oxygen atoms in total. The van der Waals surface area contributed by atoms with Gasteiger partial charge in [-0.2, -0.15) is 0 Å². The van der Waals surface area contributed by atoms with Crippen LogP contribution in [0.25, 0.3) is 10.4 Å². The molecule has 0 bridgehead atoms. The Balaban J connectivity index is 1.89. The van der Waals surface area contributed by atoms with Crippen LogP contribution in [0.15, 0.2) is 36.4 Å². The molecule has 0 amide bonds. The lowest BCUT2D eigenvalue weighted by atomic mass is 10.1. The Labute approximate surface area is 106 Å². The van der Waals surface area contributed by atoms with E-state index < -0.39 is 0 Å². The molecule has 88 valence electrons. The van der Waals surface area contributed by atoms with Crippen molar-refractivity contribution in [3.05, 3.63) is 46.8 Å². The largest absolute Gasteiger partial charge is 0.323 e. The van der Waals surface area contributed by atoms with E-state index in [0.29, 0.717) is 0 Å². The van der Waals surface area contributed by atoms with E-state index in [2.05, 4.69) is 43.3 Å². The number of thiophene rings is 1. The summed E-state index contributed by atoms with van der Waals surface area (Å²) in [7, 11) is 0. The van der Waals surface area contributed by atoms with Gasteiger partial charge in [0.1, 0.15) is 0 Å². The van der Waals surface area contributed by atoms with Gasteiger partial charge in [0.25, 0.3) is 0 Å². The van der Waals surface area contributed by atoms with Crippen molar-refractivity contribution >= 4 is 11.3 Å². The zero-order valence-electron chi connectivity index (χ0n) is 10.0. The maximum atomic E-state index is 6.23. The molecule has 1 aromatic carbocycles. The van der Waals surface area contributed by atoms with Crippen molar-refractivity contribution in [2.75, 3.05) is 0 Å². The van der Waals surface area contributed by atoms with Crippen molar-refractivity contribution < 1.29 is 0 Å². The Morgan fingerprint density at radius 2 is 2.06 bits per heavy atom. The highest BCUT2D eigenvalue weighted by atomic mass is 32.1. The predicted octanol–water partition coefficient (Wildman–Crippen LogP) is 4.13. The van der Waals surface area contributed by atoms with Crippen LogP contribution in [0, 0.1) is 12.8 Å². The smallest absolute Gasteiger partial charge is 0.0418 e. The van der Waals surface area contributed by atoms with E-state index in [1.54, 1.807) is 0 Å². The van der Waals surface area contributed by atoms with Crippen LogP contribution in [0.5, 0.6) is 0 Å². The molecule has 0 saturated heterocycles. The highest BCUT2D eigenvalue weighted by molar-refractivity contribution is 7.15. The van der Waals surface area contributed by atoms with Gasteiger partial charge in [-0.3, -0.25) is 0 Å². The summed E-state index contributed by atoms with van der Waals surface area (Å²) in [4.78, 5) is 2.67. The Morgan fingerprint density at radius 3 is 2.76 bits per heavy atom. The standard InChI is InChI=1S/C15H17NS/c1-10-3-2-4-12(9-10)13-7-8-14(17-13)15(16)11-5-6-11/h2-4,7-9,11,15H,5-6,16H2,1H3. The minimum absolute atomic E-state index is 0.263. The van der Waals surface area contributed by atoms with Gasteiger partial charge < -0.3 is 5.73 Å². The average molecular weight is 243 g/mol. The van der Waals surface area contributed by atoms with Crippen LogP contribution in [-0.4, -0.2) is 0 Å². The molecule has 0 aliphatic heterocycles. The first-order valence-electron chi connectivity index (χ1n) is 6.16. The van der Waals surface area contributed by atoms with Gasteiger partial charge in [0.05, 0.1) is 0 Å². The molecule has 2 aromatic rings. The van der Waals surface area contributed by atoms with Crippen LogP contribution in [0.4, 0.5) is 0 Å². The summed E-state index contributed by atoms with van der Waals surface area (Å²) >= 11 is 1.85. The first-order valence-corrected chi connectivity index (χ1v) is 6.98. The Kier molecular flexibility index (Phi) is 2.77. The first kappa shape index (κ1) is 11.0. The monoisotopic (exact) mass is 243 g/mol. The highest BCUT2D eigenvalue weighted by Crippen LogP contribution is 2.42. The lowest BCUT2D eigenvalue weighted by Gasteiger charge is -2.06. The van der Waals surface area contributed by atoms with E-state index in [0.717, 1.165) is 5.92 Å². The van der Waals surface area contributed by atoms with Crippen molar-refractivity contribution in [2.24, 2.45) is 11.7 Å². The van der Waals surface area contributed by atoms with Crippen LogP contribution < -0.4 is 5.73 Å². The number of aryl methyl sites for hydroxylation is 1. The summed E-state index contributed by atoms with van der Waals surface area (Å²) in [5.41, 5.74) is 8.85. The average Bonchev–Trinajstić information content (AvgIpc) is 3.05. The van der Waals surface area contributed by atoms with Gasteiger partial charge in [-0.15, -0.1) is 11.3 Å². The molecule has 1 unspecified atom stereocenters. The molecule has 1 atom stereocenters. The first-order chi connectivity index (χ1) is 8.24. The van der Waals surface area contributed by atoms with E-state index in [1.165, 1.54) is 33.7 Å². The van der Waals surface area contributed by atoms with Crippen LogP contribution >= 0.6 is 11.3 Å². The quantitative estimate of drug-likeness (QED) is 0.861. The summed E-state index contributed by atoms with van der Waals surface area (Å²) in [6.45, 7) is 2.13. The van der Waals surface area contributed by atoms with Crippen LogP contribution in [-0.2, 0) is 0 Å². The summed E-state index contributed by atoms with van der Waals surface area (Å²) in [6.07, 6.45) is 2.61. The third-order valence-electron chi connectivity index (χ3n) is 3.39. The molecule has 1 aliphatic carbocycles. The second-order valence-electron chi connectivity index (χ2n) is 4.93. The molecule has 3 rings (SSSR count). The molecule has 0 spiro atoms. The molecule has 2 heteroatoms. The molecule has 1 saturated carbocycles. The lowest BCUT2D eigenvalue weighted by molar-refractivity contribution is 0.645. The number of nitrogens with two attached hydrogens (primary N) is 1. The SMILES string of the molecule is Cc1cccc(-c2ccc(C(N)C3CC3)s2)c1. The van der Waals surface area contributed by atoms with E-state index in [1.807, 2.05) is 11.3 Å². The topological polar surface area (TPSA) is 26.0 Å². The molecule has 1 heterocycles. The van der Waals surface area contributed by atoms with Gasteiger partial charge in [-0.25, -0.2) is 0 Å². The third-order valence-corrected chi connectivity index (χ3v) is 4.62. The third kappa shape index (κ3) is 2.28. The summed E-state index contributed by atoms with van der Waals surface area (Å²) in [6, 6.07) is 13.3. The van der Waals surface area contributed by atoms with Crippen molar-refractivity contribution in [2.45, 2.75) is 25.8 Å². The van der Waals surface area contributed by atoms with Gasteiger partial charge >= 0.3 is 0 Å². The number of benzene rings is 1. The summed E-state index contributed by atoms with van der Waals surface area (Å²) in [5.74, 6) is 0.735. The molecule has 2 N–H and O–H groups in total. The number of hydrogen-bond acceptors (Lipinski definition) is 2. The van der Waals surface area contributed by atoms with Crippen LogP contribution in [0.3, 0.4) is 0 Å². The Bertz CT molecular complexity index is 525. The maximum absolute atomic E-state index is 6.23. The van der Waals surface area contributed by atoms with Crippen molar-refractivity contribution in [1.29, 1.82) is 0 Å². The Hall–Kier alpha value is -1.12. The zero-order valence-corrected chi connectivity index (χ0v) is 10.8. The molecular formula is C15H17NS. The van der Waals surface area contributed by atoms with Gasteiger partial charge in [-0.1, -0.05) is 29.8 Å². The maximum Gasteiger partial charge on any atom is 0.0418 e. The van der Waals surface area contributed by atoms with E-state index in [-0.39, 0.29) is 6.04 Å². The zero-order chi connectivity index (χ0) is 11.8. The fourth-order valence-corrected chi connectivity index (χ4v) is 3.27. The number of rotatable bonds is 3. The fourth-order valence-electron chi connectivity index (χ4n) is 2.17. The summed E-state index contributed by atoms with van der Waals surface area (Å²) in [5, 5.41) is 0. The van der Waals surface area contributed by atoms with Crippen molar-refractivity contribution in [1.82, 2.24) is 0 Å². The van der Waals surface area contributed by atoms with Crippen LogP contribution in [0.1, 0.15) is 29.3 Å². The Morgan fingerprint density at radius 1 is 1.24 bits per heavy atom. The van der Waals surface area contributed by atoms with Crippen molar-refractivity contribution in [3.8, 4) is 10.4 Å². The van der Waals surface area contributed by atoms with E-state index in [9.17, 15) is 0 Å². The highest BCUT2D eigenvalue weighted by Gasteiger charge is 2.30. The second kappa shape index (κ2) is 4.28. The minimum atomic E-state index is 0.263. The molecule has 1 aliphatic rings. The fraction of sp³-hybridized carbons (Fsp3) is 0.333. The molecule has 17 heavy (non-hydrogen) atoms. The van der Waals surface area contributed by atoms with Crippen molar-refractivity contribution in [3.63, 3.8) is 0 Å². The minimum Gasteiger partial charge on any atom is -0.323 e. The van der Waals surface area contributed by atoms with Crippen LogP contribution in [0.2, 0.25) is 0 Å². The van der Waals surface area contributed by atoms with Gasteiger partial charge in [0.15, 0.2) is 0 Å². The lowest BCUT2D eigenvalue weighted by Crippen LogP contribution is -2.10. The molecule has 1 aromatic heterocycles. The molecule has 0 radical (unpaired) electrons. The predicted molar refractivity (Wildman–Crippen MR) is 74.1 cm³/mol. The normalized spacial score (nSPS) is 17.1. The molecular weight excluding hydrogens is 226 g/mol. The van der Waals surface area contributed by atoms with Gasteiger partial charge in [0, 0.05) is 15.8 Å². The summed E-state index contributed by atoms with van der Waals surface area (Å²) < 4.78 is 0. The molecule has 1 fully saturated rings. The van der Waals surface area contributed by atoms with Gasteiger partial charge in [-0.05, 0) is 43.4 Å². The van der Waals surface area contributed by atoms with E-state index >= 15 is 0 Å². The van der Waals surface area contributed by atoms with Gasteiger partial charge in [0.2, 0.25) is 0 Å². The van der Waals surface area contributed by atoms with E-state index in [4.69, 9.17) is 5.73 Å². The second-order valence-corrected chi connectivity index (χ2v) is 6.05. The number of hydrogen-bond donors (Lipinski definition) is 1.